The van der Waals surface area contributed by atoms with E-state index in [2.05, 4.69) is 37.8 Å². The molecule has 0 radical (unpaired) electrons. The summed E-state index contributed by atoms with van der Waals surface area (Å²) in [5, 5.41) is 4.84. The molecule has 0 aliphatic carbocycles. The van der Waals surface area contributed by atoms with E-state index in [1.54, 1.807) is 6.07 Å². The Morgan fingerprint density at radius 3 is 2.82 bits per heavy atom. The molecule has 0 saturated heterocycles. The van der Waals surface area contributed by atoms with Crippen LogP contribution in [0.2, 0.25) is 0 Å². The molecule has 3 rings (SSSR count). The van der Waals surface area contributed by atoms with Crippen molar-refractivity contribution in [3.8, 4) is 11.5 Å². The summed E-state index contributed by atoms with van der Waals surface area (Å²) >= 11 is 3.54. The highest BCUT2D eigenvalue weighted by Crippen LogP contribution is 2.32. The van der Waals surface area contributed by atoms with E-state index in [0.717, 1.165) is 21.1 Å². The Morgan fingerprint density at radius 2 is 2.18 bits per heavy atom. The molecule has 4 nitrogen and oxygen atoms in total. The highest BCUT2D eigenvalue weighted by Gasteiger charge is 2.13. The third kappa shape index (κ3) is 1.54. The maximum Gasteiger partial charge on any atom is 0.185 e. The molecule has 0 aliphatic heterocycles. The number of hydrogen-bond donors (Lipinski definition) is 1. The first kappa shape index (κ1) is 10.4. The van der Waals surface area contributed by atoms with Gasteiger partial charge in [-0.05, 0) is 18.2 Å². The van der Waals surface area contributed by atoms with Crippen LogP contribution in [-0.4, -0.2) is 9.72 Å². The number of nitrogens with zero attached hydrogens (tertiary/aromatic N) is 2. The van der Waals surface area contributed by atoms with Crippen LogP contribution >= 0.6 is 15.9 Å². The van der Waals surface area contributed by atoms with Crippen molar-refractivity contribution >= 4 is 32.7 Å². The van der Waals surface area contributed by atoms with Gasteiger partial charge in [0.05, 0.1) is 5.69 Å². The van der Waals surface area contributed by atoms with Crippen LogP contribution in [-0.2, 0) is 7.05 Å². The maximum atomic E-state index is 5.57. The van der Waals surface area contributed by atoms with Crippen LogP contribution in [0.3, 0.4) is 0 Å². The van der Waals surface area contributed by atoms with Crippen LogP contribution in [0.25, 0.3) is 22.4 Å². The predicted molar refractivity (Wildman–Crippen MR) is 70.5 cm³/mol. The molecule has 0 fully saturated rings. The zero-order chi connectivity index (χ0) is 12.0. The van der Waals surface area contributed by atoms with Crippen LogP contribution in [0.4, 0.5) is 5.82 Å². The minimum atomic E-state index is 0.393. The van der Waals surface area contributed by atoms with Gasteiger partial charge < -0.3 is 14.8 Å². The Labute approximate surface area is 106 Å². The van der Waals surface area contributed by atoms with Crippen molar-refractivity contribution in [2.75, 3.05) is 5.73 Å². The molecule has 0 aliphatic rings. The molecule has 0 amide bonds. The molecular weight excluding hydrogens is 282 g/mol. The molecule has 0 bridgehead atoms. The lowest BCUT2D eigenvalue weighted by atomic mass is 10.2. The standard InChI is InChI=1S/C12H10BrN3O/c1-16-9-4-2-3-8(13)7(9)5-10(16)11-6-12(14)15-17-11/h2-6H,1H3,(H2,14,15). The van der Waals surface area contributed by atoms with E-state index in [4.69, 9.17) is 10.3 Å². The molecule has 17 heavy (non-hydrogen) atoms. The smallest absolute Gasteiger partial charge is 0.185 e. The number of aryl methyl sites for hydroxylation is 1. The molecule has 86 valence electrons. The van der Waals surface area contributed by atoms with Crippen molar-refractivity contribution in [3.05, 3.63) is 34.8 Å². The van der Waals surface area contributed by atoms with Gasteiger partial charge in [-0.15, -0.1) is 0 Å². The van der Waals surface area contributed by atoms with Crippen LogP contribution in [0.15, 0.2) is 39.3 Å². The molecule has 0 saturated carbocycles. The Bertz CT molecular complexity index is 699. The van der Waals surface area contributed by atoms with Crippen LogP contribution in [0, 0.1) is 0 Å². The Hall–Kier alpha value is -1.75. The average molecular weight is 292 g/mol. The lowest BCUT2D eigenvalue weighted by Gasteiger charge is -1.99. The second kappa shape index (κ2) is 3.63. The number of benzene rings is 1. The fourth-order valence-electron chi connectivity index (χ4n) is 1.97. The lowest BCUT2D eigenvalue weighted by Crippen LogP contribution is -1.89. The topological polar surface area (TPSA) is 57.0 Å². The van der Waals surface area contributed by atoms with E-state index in [1.165, 1.54) is 0 Å². The monoisotopic (exact) mass is 291 g/mol. The molecule has 2 N–H and O–H groups in total. The first-order chi connectivity index (χ1) is 8.16. The molecule has 0 unspecified atom stereocenters. The summed E-state index contributed by atoms with van der Waals surface area (Å²) in [4.78, 5) is 0. The second-order valence-corrected chi connectivity index (χ2v) is 4.73. The summed E-state index contributed by atoms with van der Waals surface area (Å²) in [6, 6.07) is 9.86. The summed E-state index contributed by atoms with van der Waals surface area (Å²) in [6.45, 7) is 0. The first-order valence-corrected chi connectivity index (χ1v) is 5.92. The van der Waals surface area contributed by atoms with E-state index in [9.17, 15) is 0 Å². The van der Waals surface area contributed by atoms with Crippen molar-refractivity contribution in [3.63, 3.8) is 0 Å². The number of hydrogen-bond acceptors (Lipinski definition) is 3. The number of nitrogen functional groups attached to an aromatic ring is 1. The molecule has 2 heterocycles. The highest BCUT2D eigenvalue weighted by molar-refractivity contribution is 9.10. The normalized spacial score (nSPS) is 11.2. The first-order valence-electron chi connectivity index (χ1n) is 5.13. The fraction of sp³-hybridized carbons (Fsp3) is 0.0833. The van der Waals surface area contributed by atoms with E-state index < -0.39 is 0 Å². The average Bonchev–Trinajstić information content (AvgIpc) is 2.85. The van der Waals surface area contributed by atoms with E-state index in [-0.39, 0.29) is 0 Å². The number of rotatable bonds is 1. The third-order valence-corrected chi connectivity index (χ3v) is 3.51. The van der Waals surface area contributed by atoms with Gasteiger partial charge in [-0.25, -0.2) is 0 Å². The van der Waals surface area contributed by atoms with Gasteiger partial charge in [-0.3, -0.25) is 0 Å². The van der Waals surface area contributed by atoms with E-state index in [1.807, 2.05) is 19.2 Å². The minimum absolute atomic E-state index is 0.393. The van der Waals surface area contributed by atoms with Crippen molar-refractivity contribution < 1.29 is 4.52 Å². The molecule has 2 aromatic heterocycles. The zero-order valence-electron chi connectivity index (χ0n) is 9.14. The van der Waals surface area contributed by atoms with Gasteiger partial charge >= 0.3 is 0 Å². The molecule has 5 heteroatoms. The van der Waals surface area contributed by atoms with Gasteiger partial charge in [0.15, 0.2) is 11.6 Å². The van der Waals surface area contributed by atoms with Gasteiger partial charge in [0.25, 0.3) is 0 Å². The number of nitrogens with two attached hydrogens (primary N) is 1. The van der Waals surface area contributed by atoms with Gasteiger partial charge in [0, 0.05) is 28.5 Å². The second-order valence-electron chi connectivity index (χ2n) is 3.88. The van der Waals surface area contributed by atoms with Crippen molar-refractivity contribution in [2.24, 2.45) is 7.05 Å². The Kier molecular flexibility index (Phi) is 2.22. The van der Waals surface area contributed by atoms with Gasteiger partial charge in [0.2, 0.25) is 0 Å². The fourth-order valence-corrected chi connectivity index (χ4v) is 2.44. The van der Waals surface area contributed by atoms with Crippen molar-refractivity contribution in [1.29, 1.82) is 0 Å². The lowest BCUT2D eigenvalue weighted by molar-refractivity contribution is 0.433. The Balaban J connectivity index is 2.31. The quantitative estimate of drug-likeness (QED) is 0.749. The molecule has 1 aromatic carbocycles. The SMILES string of the molecule is Cn1c(-c2cc(N)no2)cc2c(Br)cccc21. The highest BCUT2D eigenvalue weighted by atomic mass is 79.9. The summed E-state index contributed by atoms with van der Waals surface area (Å²) in [6.07, 6.45) is 0. The number of fused-ring (bicyclic) bond motifs is 1. The number of halogens is 1. The molecule has 3 aromatic rings. The van der Waals surface area contributed by atoms with Crippen LogP contribution in [0.5, 0.6) is 0 Å². The van der Waals surface area contributed by atoms with Gasteiger partial charge in [-0.2, -0.15) is 0 Å². The third-order valence-electron chi connectivity index (χ3n) is 2.81. The minimum Gasteiger partial charge on any atom is -0.381 e. The maximum absolute atomic E-state index is 5.57. The van der Waals surface area contributed by atoms with Gasteiger partial charge in [-0.1, -0.05) is 27.2 Å². The Morgan fingerprint density at radius 1 is 1.35 bits per heavy atom. The summed E-state index contributed by atoms with van der Waals surface area (Å²) in [5.41, 5.74) is 7.65. The number of aromatic nitrogens is 2. The molecule has 0 atom stereocenters. The van der Waals surface area contributed by atoms with Crippen LogP contribution < -0.4 is 5.73 Å². The predicted octanol–water partition coefficient (Wildman–Crippen LogP) is 3.18. The van der Waals surface area contributed by atoms with E-state index >= 15 is 0 Å². The van der Waals surface area contributed by atoms with Gasteiger partial charge in [0.1, 0.15) is 0 Å². The van der Waals surface area contributed by atoms with Crippen molar-refractivity contribution in [1.82, 2.24) is 9.72 Å². The summed E-state index contributed by atoms with van der Waals surface area (Å²) in [7, 11) is 1.99. The summed E-state index contributed by atoms with van der Waals surface area (Å²) in [5.74, 6) is 1.07. The summed E-state index contributed by atoms with van der Waals surface area (Å²) < 4.78 is 8.30. The number of anilines is 1. The molecule has 0 spiro atoms. The van der Waals surface area contributed by atoms with Crippen LogP contribution in [0.1, 0.15) is 0 Å². The largest absolute Gasteiger partial charge is 0.381 e. The molecular formula is C12H10BrN3O. The van der Waals surface area contributed by atoms with E-state index in [0.29, 0.717) is 11.6 Å². The zero-order valence-corrected chi connectivity index (χ0v) is 10.7. The van der Waals surface area contributed by atoms with Crippen molar-refractivity contribution in [2.45, 2.75) is 0 Å².